The summed E-state index contributed by atoms with van der Waals surface area (Å²) in [6.07, 6.45) is 4.21. The predicted octanol–water partition coefficient (Wildman–Crippen LogP) is 3.66. The molecule has 0 atom stereocenters. The Kier molecular flexibility index (Phi) is 4.76. The van der Waals surface area contributed by atoms with Crippen molar-refractivity contribution in [1.82, 2.24) is 5.32 Å². The van der Waals surface area contributed by atoms with Crippen LogP contribution in [0.2, 0.25) is 5.02 Å². The Bertz CT molecular complexity index is 407. The number of rotatable bonds is 4. The average molecular weight is 252 g/mol. The van der Waals surface area contributed by atoms with E-state index in [1.54, 1.807) is 24.3 Å². The second kappa shape index (κ2) is 5.87. The van der Waals surface area contributed by atoms with Gasteiger partial charge in [-0.3, -0.25) is 4.79 Å². The number of amides is 1. The van der Waals surface area contributed by atoms with Crippen LogP contribution < -0.4 is 5.32 Å². The van der Waals surface area contributed by atoms with Gasteiger partial charge in [0.2, 0.25) is 5.91 Å². The van der Waals surface area contributed by atoms with E-state index in [0.717, 1.165) is 12.0 Å². The minimum absolute atomic E-state index is 0.0770. The van der Waals surface area contributed by atoms with Gasteiger partial charge in [0, 0.05) is 16.6 Å². The van der Waals surface area contributed by atoms with E-state index in [2.05, 4.69) is 5.32 Å². The van der Waals surface area contributed by atoms with Gasteiger partial charge in [-0.05, 0) is 44.0 Å². The number of hydrogen-bond acceptors (Lipinski definition) is 1. The van der Waals surface area contributed by atoms with Crippen LogP contribution >= 0.6 is 11.6 Å². The molecular weight excluding hydrogens is 234 g/mol. The van der Waals surface area contributed by atoms with E-state index >= 15 is 0 Å². The minimum atomic E-state index is -0.165. The fraction of sp³-hybridized carbons (Fsp3) is 0.357. The number of hydrogen-bond donors (Lipinski definition) is 1. The van der Waals surface area contributed by atoms with Crippen molar-refractivity contribution < 1.29 is 4.79 Å². The van der Waals surface area contributed by atoms with Crippen molar-refractivity contribution >= 4 is 23.6 Å². The Balaban J connectivity index is 2.60. The molecule has 0 aromatic heterocycles. The first-order chi connectivity index (χ1) is 7.93. The topological polar surface area (TPSA) is 29.1 Å². The van der Waals surface area contributed by atoms with Crippen molar-refractivity contribution in [2.75, 3.05) is 0 Å². The molecule has 92 valence electrons. The lowest BCUT2D eigenvalue weighted by Gasteiger charge is -2.23. The smallest absolute Gasteiger partial charge is 0.244 e. The SMILES string of the molecule is CCC(C)(C)NC(=O)C=Cc1ccc(Cl)cc1. The van der Waals surface area contributed by atoms with Crippen molar-refractivity contribution in [3.05, 3.63) is 40.9 Å². The van der Waals surface area contributed by atoms with Crippen LogP contribution in [0.15, 0.2) is 30.3 Å². The van der Waals surface area contributed by atoms with Gasteiger partial charge in [0.25, 0.3) is 0 Å². The highest BCUT2D eigenvalue weighted by Gasteiger charge is 2.15. The molecular formula is C14H18ClNO. The van der Waals surface area contributed by atoms with Crippen molar-refractivity contribution in [2.24, 2.45) is 0 Å². The lowest BCUT2D eigenvalue weighted by molar-refractivity contribution is -0.117. The largest absolute Gasteiger partial charge is 0.348 e. The Hall–Kier alpha value is -1.28. The maximum atomic E-state index is 11.6. The summed E-state index contributed by atoms with van der Waals surface area (Å²) in [7, 11) is 0. The molecule has 1 amide bonds. The van der Waals surface area contributed by atoms with Crippen LogP contribution in [0.4, 0.5) is 0 Å². The molecule has 0 aliphatic heterocycles. The average Bonchev–Trinajstić information content (AvgIpc) is 2.28. The van der Waals surface area contributed by atoms with E-state index in [0.29, 0.717) is 5.02 Å². The van der Waals surface area contributed by atoms with Gasteiger partial charge in [-0.1, -0.05) is 30.7 Å². The summed E-state index contributed by atoms with van der Waals surface area (Å²) < 4.78 is 0. The lowest BCUT2D eigenvalue weighted by Crippen LogP contribution is -2.41. The summed E-state index contributed by atoms with van der Waals surface area (Å²) in [6.45, 7) is 6.05. The standard InChI is InChI=1S/C14H18ClNO/c1-4-14(2,3)16-13(17)10-7-11-5-8-12(15)9-6-11/h5-10H,4H2,1-3H3,(H,16,17). The molecule has 0 radical (unpaired) electrons. The molecule has 17 heavy (non-hydrogen) atoms. The van der Waals surface area contributed by atoms with Crippen LogP contribution in [0.1, 0.15) is 32.8 Å². The third-order valence-corrected chi connectivity index (χ3v) is 2.89. The third kappa shape index (κ3) is 5.05. The molecule has 1 rings (SSSR count). The molecule has 0 saturated carbocycles. The summed E-state index contributed by atoms with van der Waals surface area (Å²) in [6, 6.07) is 7.35. The third-order valence-electron chi connectivity index (χ3n) is 2.64. The molecule has 0 bridgehead atoms. The molecule has 0 heterocycles. The zero-order valence-corrected chi connectivity index (χ0v) is 11.2. The molecule has 0 saturated heterocycles. The quantitative estimate of drug-likeness (QED) is 0.813. The zero-order valence-electron chi connectivity index (χ0n) is 10.5. The van der Waals surface area contributed by atoms with Crippen LogP contribution in [-0.2, 0) is 4.79 Å². The fourth-order valence-corrected chi connectivity index (χ4v) is 1.34. The molecule has 0 spiro atoms. The molecule has 0 aliphatic rings. The maximum absolute atomic E-state index is 11.6. The first-order valence-electron chi connectivity index (χ1n) is 5.69. The van der Waals surface area contributed by atoms with Crippen LogP contribution in [0, 0.1) is 0 Å². The summed E-state index contributed by atoms with van der Waals surface area (Å²) in [5.41, 5.74) is 0.792. The Labute approximate surface area is 108 Å². The van der Waals surface area contributed by atoms with Crippen LogP contribution in [0.25, 0.3) is 6.08 Å². The first-order valence-corrected chi connectivity index (χ1v) is 6.06. The van der Waals surface area contributed by atoms with Crippen molar-refractivity contribution in [1.29, 1.82) is 0 Å². The molecule has 1 N–H and O–H groups in total. The highest BCUT2D eigenvalue weighted by atomic mass is 35.5. The van der Waals surface area contributed by atoms with Gasteiger partial charge in [0.1, 0.15) is 0 Å². The van der Waals surface area contributed by atoms with E-state index in [-0.39, 0.29) is 11.4 Å². The van der Waals surface area contributed by atoms with Gasteiger partial charge in [-0.2, -0.15) is 0 Å². The molecule has 0 fully saturated rings. The van der Waals surface area contributed by atoms with Gasteiger partial charge in [-0.15, -0.1) is 0 Å². The highest BCUT2D eigenvalue weighted by molar-refractivity contribution is 6.30. The Morgan fingerprint density at radius 2 is 1.94 bits per heavy atom. The minimum Gasteiger partial charge on any atom is -0.348 e. The van der Waals surface area contributed by atoms with Crippen LogP contribution in [0.5, 0.6) is 0 Å². The van der Waals surface area contributed by atoms with Gasteiger partial charge in [-0.25, -0.2) is 0 Å². The van der Waals surface area contributed by atoms with Crippen molar-refractivity contribution in [3.8, 4) is 0 Å². The van der Waals surface area contributed by atoms with Crippen molar-refractivity contribution in [2.45, 2.75) is 32.7 Å². The molecule has 2 nitrogen and oxygen atoms in total. The Morgan fingerprint density at radius 1 is 1.35 bits per heavy atom. The Morgan fingerprint density at radius 3 is 2.47 bits per heavy atom. The van der Waals surface area contributed by atoms with Crippen LogP contribution in [0.3, 0.4) is 0 Å². The summed E-state index contributed by atoms with van der Waals surface area (Å²) in [5, 5.41) is 3.63. The molecule has 1 aromatic carbocycles. The van der Waals surface area contributed by atoms with E-state index in [4.69, 9.17) is 11.6 Å². The summed E-state index contributed by atoms with van der Waals surface area (Å²) >= 11 is 5.78. The second-order valence-corrected chi connectivity index (χ2v) is 5.05. The van der Waals surface area contributed by atoms with Crippen molar-refractivity contribution in [3.63, 3.8) is 0 Å². The van der Waals surface area contributed by atoms with E-state index in [9.17, 15) is 4.79 Å². The van der Waals surface area contributed by atoms with E-state index in [1.807, 2.05) is 32.9 Å². The maximum Gasteiger partial charge on any atom is 0.244 e. The van der Waals surface area contributed by atoms with E-state index < -0.39 is 0 Å². The van der Waals surface area contributed by atoms with Gasteiger partial charge in [0.05, 0.1) is 0 Å². The number of nitrogens with one attached hydrogen (secondary N) is 1. The highest BCUT2D eigenvalue weighted by Crippen LogP contribution is 2.11. The monoisotopic (exact) mass is 251 g/mol. The first kappa shape index (κ1) is 13.8. The normalized spacial score (nSPS) is 11.8. The molecule has 0 unspecified atom stereocenters. The van der Waals surface area contributed by atoms with Gasteiger partial charge < -0.3 is 5.32 Å². The number of benzene rings is 1. The van der Waals surface area contributed by atoms with Gasteiger partial charge in [0.15, 0.2) is 0 Å². The second-order valence-electron chi connectivity index (χ2n) is 4.61. The molecule has 0 aliphatic carbocycles. The fourth-order valence-electron chi connectivity index (χ4n) is 1.21. The molecule has 1 aromatic rings. The summed E-state index contributed by atoms with van der Waals surface area (Å²) in [5.74, 6) is -0.0770. The molecule has 3 heteroatoms. The predicted molar refractivity (Wildman–Crippen MR) is 73.0 cm³/mol. The number of halogens is 1. The summed E-state index contributed by atoms with van der Waals surface area (Å²) in [4.78, 5) is 11.6. The number of carbonyl (C=O) groups excluding carboxylic acids is 1. The lowest BCUT2D eigenvalue weighted by atomic mass is 10.0. The van der Waals surface area contributed by atoms with E-state index in [1.165, 1.54) is 0 Å². The van der Waals surface area contributed by atoms with Crippen LogP contribution in [-0.4, -0.2) is 11.4 Å². The number of carbonyl (C=O) groups is 1. The zero-order chi connectivity index (χ0) is 12.9. The van der Waals surface area contributed by atoms with Gasteiger partial charge >= 0.3 is 0 Å².